The van der Waals surface area contributed by atoms with Crippen LogP contribution in [-0.4, -0.2) is 49.0 Å². The number of nitrogens with zero attached hydrogens (tertiary/aromatic N) is 3. The van der Waals surface area contributed by atoms with E-state index in [9.17, 15) is 10.1 Å². The van der Waals surface area contributed by atoms with Crippen LogP contribution in [0.5, 0.6) is 0 Å². The van der Waals surface area contributed by atoms with Crippen LogP contribution in [0.25, 0.3) is 0 Å². The first-order chi connectivity index (χ1) is 12.3. The van der Waals surface area contributed by atoms with Crippen molar-refractivity contribution >= 4 is 11.8 Å². The van der Waals surface area contributed by atoms with Crippen molar-refractivity contribution < 1.29 is 14.3 Å². The number of ether oxygens (including phenoxy) is 2. The van der Waals surface area contributed by atoms with Gasteiger partial charge in [0.2, 0.25) is 0 Å². The lowest BCUT2D eigenvalue weighted by Crippen LogP contribution is -2.49. The third-order valence-electron chi connectivity index (χ3n) is 4.66. The molecule has 0 saturated carbocycles. The van der Waals surface area contributed by atoms with Crippen molar-refractivity contribution in [3.05, 3.63) is 24.0 Å². The molecule has 2 aliphatic heterocycles. The molecule has 0 spiro atoms. The summed E-state index contributed by atoms with van der Waals surface area (Å²) in [6.45, 7) is 8.01. The predicted octanol–water partition coefficient (Wildman–Crippen LogP) is 2.37. The molecule has 7 nitrogen and oxygen atoms in total. The Morgan fingerprint density at radius 2 is 2.23 bits per heavy atom. The lowest BCUT2D eigenvalue weighted by molar-refractivity contribution is -0.0317. The zero-order valence-electron chi connectivity index (χ0n) is 15.6. The van der Waals surface area contributed by atoms with Gasteiger partial charge in [0.05, 0.1) is 36.9 Å². The Balaban J connectivity index is 1.61. The van der Waals surface area contributed by atoms with Gasteiger partial charge in [-0.2, -0.15) is 5.26 Å². The van der Waals surface area contributed by atoms with Crippen LogP contribution in [0.15, 0.2) is 18.3 Å². The van der Waals surface area contributed by atoms with Crippen LogP contribution in [0.2, 0.25) is 0 Å². The Morgan fingerprint density at radius 3 is 2.77 bits per heavy atom. The van der Waals surface area contributed by atoms with Crippen molar-refractivity contribution in [3.8, 4) is 6.07 Å². The zero-order valence-corrected chi connectivity index (χ0v) is 15.6. The normalized spacial score (nSPS) is 22.1. The summed E-state index contributed by atoms with van der Waals surface area (Å²) in [4.78, 5) is 18.7. The smallest absolute Gasteiger partial charge is 0.407 e. The number of piperidine rings is 1. The second kappa shape index (κ2) is 7.12. The molecule has 1 aromatic heterocycles. The number of hydrogen-bond donors (Lipinski definition) is 1. The summed E-state index contributed by atoms with van der Waals surface area (Å²) in [5.74, 6) is 0. The molecule has 1 atom stereocenters. The molecule has 3 rings (SSSR count). The van der Waals surface area contributed by atoms with E-state index in [1.54, 1.807) is 0 Å². The number of anilines is 1. The summed E-state index contributed by atoms with van der Waals surface area (Å²) in [5.41, 5.74) is 0.662. The Kier molecular flexibility index (Phi) is 5.05. The average Bonchev–Trinajstić information content (AvgIpc) is 2.53. The highest BCUT2D eigenvalue weighted by Gasteiger charge is 2.42. The second-order valence-corrected chi connectivity index (χ2v) is 8.02. The highest BCUT2D eigenvalue weighted by molar-refractivity contribution is 5.68. The molecule has 0 bridgehead atoms. The van der Waals surface area contributed by atoms with Gasteiger partial charge in [0, 0.05) is 19.1 Å². The van der Waals surface area contributed by atoms with E-state index in [2.05, 4.69) is 21.3 Å². The van der Waals surface area contributed by atoms with E-state index in [1.165, 1.54) is 0 Å². The predicted molar refractivity (Wildman–Crippen MR) is 97.0 cm³/mol. The van der Waals surface area contributed by atoms with Crippen LogP contribution >= 0.6 is 0 Å². The molecule has 0 unspecified atom stereocenters. The summed E-state index contributed by atoms with van der Waals surface area (Å²) >= 11 is 0. The first kappa shape index (κ1) is 18.5. The molecule has 140 valence electrons. The molecule has 2 aliphatic rings. The molecule has 3 heterocycles. The maximum atomic E-state index is 12.0. The summed E-state index contributed by atoms with van der Waals surface area (Å²) < 4.78 is 10.5. The van der Waals surface area contributed by atoms with E-state index in [-0.39, 0.29) is 12.1 Å². The number of rotatable bonds is 3. The largest absolute Gasteiger partial charge is 0.444 e. The molecule has 0 aliphatic carbocycles. The van der Waals surface area contributed by atoms with Gasteiger partial charge in [-0.15, -0.1) is 0 Å². The van der Waals surface area contributed by atoms with Gasteiger partial charge >= 0.3 is 6.09 Å². The number of carbonyl (C=O) groups excluding carboxylic acids is 1. The third-order valence-corrected chi connectivity index (χ3v) is 4.66. The fourth-order valence-electron chi connectivity index (χ4n) is 3.24. The van der Waals surface area contributed by atoms with Gasteiger partial charge in [-0.05, 0) is 45.7 Å². The second-order valence-electron chi connectivity index (χ2n) is 8.02. The minimum absolute atomic E-state index is 0.0451. The number of nitriles is 1. The molecular formula is C19H26N4O3. The van der Waals surface area contributed by atoms with Crippen LogP contribution in [-0.2, 0) is 14.9 Å². The van der Waals surface area contributed by atoms with Gasteiger partial charge in [0.15, 0.2) is 0 Å². The Bertz CT molecular complexity index is 686. The Hall–Kier alpha value is -2.33. The highest BCUT2D eigenvalue weighted by atomic mass is 16.6. The first-order valence-corrected chi connectivity index (χ1v) is 9.01. The van der Waals surface area contributed by atoms with Gasteiger partial charge in [0.25, 0.3) is 0 Å². The van der Waals surface area contributed by atoms with Gasteiger partial charge in [0.1, 0.15) is 11.0 Å². The molecule has 1 N–H and O–H groups in total. The van der Waals surface area contributed by atoms with Crippen LogP contribution in [0.3, 0.4) is 0 Å². The molecule has 2 fully saturated rings. The number of alkyl carbamates (subject to hydrolysis) is 1. The summed E-state index contributed by atoms with van der Waals surface area (Å²) in [6, 6.07) is 6.26. The molecule has 1 amide bonds. The minimum atomic E-state index is -0.596. The Labute approximate surface area is 154 Å². The van der Waals surface area contributed by atoms with Crippen molar-refractivity contribution in [2.24, 2.45) is 0 Å². The average molecular weight is 358 g/mol. The van der Waals surface area contributed by atoms with Crippen LogP contribution < -0.4 is 10.2 Å². The van der Waals surface area contributed by atoms with Crippen molar-refractivity contribution in [3.63, 3.8) is 0 Å². The molecule has 0 aromatic carbocycles. The topological polar surface area (TPSA) is 87.5 Å². The summed E-state index contributed by atoms with van der Waals surface area (Å²) in [6.07, 6.45) is 3.34. The van der Waals surface area contributed by atoms with E-state index in [0.717, 1.165) is 30.8 Å². The molecule has 7 heteroatoms. The van der Waals surface area contributed by atoms with Crippen molar-refractivity contribution in [1.82, 2.24) is 10.3 Å². The fourth-order valence-corrected chi connectivity index (χ4v) is 3.24. The maximum absolute atomic E-state index is 12.0. The number of aromatic nitrogens is 1. The van der Waals surface area contributed by atoms with E-state index < -0.39 is 11.0 Å². The zero-order chi connectivity index (χ0) is 18.8. The standard InChI is InChI=1S/C19H26N4O3/c1-18(2,3)26-17(24)22-14-5-4-8-23(10-14)15-6-7-16(21-9-15)19(11-20)12-25-13-19/h6-7,9,14H,4-5,8,10,12-13H2,1-3H3,(H,22,24)/t14-/m1/s1. The highest BCUT2D eigenvalue weighted by Crippen LogP contribution is 2.31. The van der Waals surface area contributed by atoms with Gasteiger partial charge in [-0.25, -0.2) is 4.79 Å². The number of nitrogens with one attached hydrogen (secondary N) is 1. The lowest BCUT2D eigenvalue weighted by Gasteiger charge is -2.36. The van der Waals surface area contributed by atoms with Gasteiger partial charge in [-0.3, -0.25) is 4.98 Å². The molecule has 0 radical (unpaired) electrons. The van der Waals surface area contributed by atoms with Gasteiger partial charge in [-0.1, -0.05) is 0 Å². The van der Waals surface area contributed by atoms with Crippen molar-refractivity contribution in [2.45, 2.75) is 50.7 Å². The quantitative estimate of drug-likeness (QED) is 0.892. The number of hydrogen-bond acceptors (Lipinski definition) is 6. The van der Waals surface area contributed by atoms with E-state index in [1.807, 2.05) is 39.1 Å². The van der Waals surface area contributed by atoms with Crippen molar-refractivity contribution in [1.29, 1.82) is 5.26 Å². The number of amides is 1. The Morgan fingerprint density at radius 1 is 1.46 bits per heavy atom. The molecular weight excluding hydrogens is 332 g/mol. The lowest BCUT2D eigenvalue weighted by atomic mass is 9.84. The summed E-state index contributed by atoms with van der Waals surface area (Å²) in [5, 5.41) is 12.3. The monoisotopic (exact) mass is 358 g/mol. The van der Waals surface area contributed by atoms with Crippen molar-refractivity contribution in [2.75, 3.05) is 31.2 Å². The summed E-state index contributed by atoms with van der Waals surface area (Å²) in [7, 11) is 0. The van der Waals surface area contributed by atoms with E-state index in [0.29, 0.717) is 19.8 Å². The minimum Gasteiger partial charge on any atom is -0.444 e. The van der Waals surface area contributed by atoms with Crippen LogP contribution in [0.4, 0.5) is 10.5 Å². The molecule has 2 saturated heterocycles. The van der Waals surface area contributed by atoms with E-state index in [4.69, 9.17) is 9.47 Å². The fraction of sp³-hybridized carbons (Fsp3) is 0.632. The maximum Gasteiger partial charge on any atom is 0.407 e. The SMILES string of the molecule is CC(C)(C)OC(=O)N[C@@H]1CCCN(c2ccc(C3(C#N)COC3)nc2)C1. The number of carbonyl (C=O) groups is 1. The first-order valence-electron chi connectivity index (χ1n) is 9.01. The van der Waals surface area contributed by atoms with Crippen LogP contribution in [0, 0.1) is 11.3 Å². The number of pyridine rings is 1. The van der Waals surface area contributed by atoms with E-state index >= 15 is 0 Å². The molecule has 26 heavy (non-hydrogen) atoms. The third kappa shape index (κ3) is 4.07. The van der Waals surface area contributed by atoms with Crippen LogP contribution in [0.1, 0.15) is 39.3 Å². The molecule has 1 aromatic rings. The van der Waals surface area contributed by atoms with Gasteiger partial charge < -0.3 is 19.7 Å².